The number of amides is 1. The predicted octanol–water partition coefficient (Wildman–Crippen LogP) is 4.38. The van der Waals surface area contributed by atoms with Crippen LogP contribution in [0, 0.1) is 12.7 Å². The normalized spacial score (nSPS) is 17.2. The van der Waals surface area contributed by atoms with E-state index in [4.69, 9.17) is 9.47 Å². The van der Waals surface area contributed by atoms with Gasteiger partial charge in [0.1, 0.15) is 24.1 Å². The molecule has 2 aromatic rings. The summed E-state index contributed by atoms with van der Waals surface area (Å²) in [6, 6.07) is 3.89. The highest BCUT2D eigenvalue weighted by Gasteiger charge is 2.33. The Balaban J connectivity index is 1.40. The van der Waals surface area contributed by atoms with Crippen LogP contribution in [0.4, 0.5) is 20.7 Å². The second-order valence-corrected chi connectivity index (χ2v) is 11.5. The Bertz CT molecular complexity index is 1180. The molecular formula is C24H31FN4O5S. The standard InChI is InChI=1S/C24H31FN4O5S/c1-15(2)33-24(30)29-11-9-17(10-12-29)34-23-16(3)22(26-14-27-23)28-21-8-7-19(13-20(21)25)35(31,32)18-5-4-6-18/h7-8,13-15,17-18H,4-6,9-12H2,1-3H3,(H,26,27,28). The summed E-state index contributed by atoms with van der Waals surface area (Å²) in [6.07, 6.45) is 4.08. The number of hydrogen-bond acceptors (Lipinski definition) is 8. The number of benzene rings is 1. The van der Waals surface area contributed by atoms with Gasteiger partial charge in [-0.2, -0.15) is 0 Å². The molecule has 1 saturated heterocycles. The molecule has 1 aromatic heterocycles. The molecule has 0 radical (unpaired) electrons. The summed E-state index contributed by atoms with van der Waals surface area (Å²) in [6.45, 7) is 6.43. The first-order valence-electron chi connectivity index (χ1n) is 11.9. The highest BCUT2D eigenvalue weighted by atomic mass is 32.2. The highest BCUT2D eigenvalue weighted by molar-refractivity contribution is 7.92. The maximum absolute atomic E-state index is 14.8. The minimum atomic E-state index is -3.51. The number of piperidine rings is 1. The van der Waals surface area contributed by atoms with Gasteiger partial charge >= 0.3 is 6.09 Å². The highest BCUT2D eigenvalue weighted by Crippen LogP contribution is 2.33. The lowest BCUT2D eigenvalue weighted by molar-refractivity contribution is 0.0505. The summed E-state index contributed by atoms with van der Waals surface area (Å²) in [7, 11) is -3.51. The van der Waals surface area contributed by atoms with Crippen LogP contribution in [0.25, 0.3) is 0 Å². The zero-order valence-corrected chi connectivity index (χ0v) is 21.0. The molecule has 11 heteroatoms. The van der Waals surface area contributed by atoms with Gasteiger partial charge in [-0.1, -0.05) is 6.42 Å². The third kappa shape index (κ3) is 5.66. The Morgan fingerprint density at radius 1 is 1.17 bits per heavy atom. The van der Waals surface area contributed by atoms with E-state index in [1.165, 1.54) is 18.5 Å². The van der Waals surface area contributed by atoms with Crippen molar-refractivity contribution in [1.82, 2.24) is 14.9 Å². The zero-order chi connectivity index (χ0) is 25.2. The molecular weight excluding hydrogens is 475 g/mol. The molecule has 35 heavy (non-hydrogen) atoms. The summed E-state index contributed by atoms with van der Waals surface area (Å²) in [5.74, 6) is 0.0586. The summed E-state index contributed by atoms with van der Waals surface area (Å²) in [4.78, 5) is 22.1. The van der Waals surface area contributed by atoms with E-state index in [1.54, 1.807) is 11.8 Å². The van der Waals surface area contributed by atoms with Crippen molar-refractivity contribution in [3.8, 4) is 5.88 Å². The predicted molar refractivity (Wildman–Crippen MR) is 128 cm³/mol. The second kappa shape index (κ2) is 10.3. The van der Waals surface area contributed by atoms with Crippen molar-refractivity contribution < 1.29 is 27.1 Å². The maximum atomic E-state index is 14.8. The first kappa shape index (κ1) is 25.2. The second-order valence-electron chi connectivity index (χ2n) is 9.25. The number of aromatic nitrogens is 2. The molecule has 4 rings (SSSR count). The molecule has 2 heterocycles. The molecule has 190 valence electrons. The minimum absolute atomic E-state index is 0.00250. The van der Waals surface area contributed by atoms with Crippen molar-refractivity contribution in [2.75, 3.05) is 18.4 Å². The van der Waals surface area contributed by atoms with Gasteiger partial charge < -0.3 is 19.7 Å². The number of carbonyl (C=O) groups excluding carboxylic acids is 1. The van der Waals surface area contributed by atoms with Crippen molar-refractivity contribution in [1.29, 1.82) is 0 Å². The van der Waals surface area contributed by atoms with Gasteiger partial charge in [0.2, 0.25) is 5.88 Å². The molecule has 2 aliphatic rings. The van der Waals surface area contributed by atoms with Crippen LogP contribution in [-0.4, -0.2) is 59.9 Å². The van der Waals surface area contributed by atoms with E-state index < -0.39 is 20.9 Å². The van der Waals surface area contributed by atoms with E-state index in [0.29, 0.717) is 56.0 Å². The lowest BCUT2D eigenvalue weighted by Crippen LogP contribution is -2.42. The molecule has 1 N–H and O–H groups in total. The number of rotatable bonds is 7. The van der Waals surface area contributed by atoms with Crippen LogP contribution in [0.5, 0.6) is 5.88 Å². The van der Waals surface area contributed by atoms with Crippen molar-refractivity contribution >= 4 is 27.4 Å². The average molecular weight is 507 g/mol. The average Bonchev–Trinajstić information content (AvgIpc) is 2.76. The lowest BCUT2D eigenvalue weighted by atomic mass is 10.00. The lowest BCUT2D eigenvalue weighted by Gasteiger charge is -2.32. The maximum Gasteiger partial charge on any atom is 0.410 e. The fourth-order valence-corrected chi connectivity index (χ4v) is 5.91. The van der Waals surface area contributed by atoms with E-state index in [-0.39, 0.29) is 28.9 Å². The van der Waals surface area contributed by atoms with Crippen molar-refractivity contribution in [2.45, 2.75) is 75.2 Å². The largest absolute Gasteiger partial charge is 0.474 e. The third-order valence-electron chi connectivity index (χ3n) is 6.37. The number of anilines is 2. The molecule has 1 amide bonds. The number of hydrogen-bond donors (Lipinski definition) is 1. The van der Waals surface area contributed by atoms with Crippen LogP contribution >= 0.6 is 0 Å². The summed E-state index contributed by atoms with van der Waals surface area (Å²) in [5, 5.41) is 2.50. The minimum Gasteiger partial charge on any atom is -0.474 e. The van der Waals surface area contributed by atoms with Crippen molar-refractivity contribution in [3.05, 3.63) is 35.9 Å². The van der Waals surface area contributed by atoms with Gasteiger partial charge in [-0.3, -0.25) is 0 Å². The number of nitrogens with one attached hydrogen (secondary N) is 1. The van der Waals surface area contributed by atoms with E-state index >= 15 is 0 Å². The monoisotopic (exact) mass is 506 g/mol. The van der Waals surface area contributed by atoms with Crippen molar-refractivity contribution in [3.63, 3.8) is 0 Å². The fraction of sp³-hybridized carbons (Fsp3) is 0.542. The summed E-state index contributed by atoms with van der Waals surface area (Å²) in [5.41, 5.74) is 0.710. The van der Waals surface area contributed by atoms with Gasteiger partial charge in [0.05, 0.1) is 27.5 Å². The molecule has 0 atom stereocenters. The van der Waals surface area contributed by atoms with E-state index in [1.807, 2.05) is 13.8 Å². The first-order valence-corrected chi connectivity index (χ1v) is 13.4. The third-order valence-corrected chi connectivity index (χ3v) is 8.63. The topological polar surface area (TPSA) is 111 Å². The molecule has 0 bridgehead atoms. The van der Waals surface area contributed by atoms with Gasteiger partial charge in [0.25, 0.3) is 0 Å². The van der Waals surface area contributed by atoms with E-state index in [2.05, 4.69) is 15.3 Å². The zero-order valence-electron chi connectivity index (χ0n) is 20.2. The Hall–Kier alpha value is -2.95. The van der Waals surface area contributed by atoms with Crippen LogP contribution < -0.4 is 10.1 Å². The number of halogens is 1. The number of nitrogens with zero attached hydrogens (tertiary/aromatic N) is 3. The Morgan fingerprint density at radius 2 is 1.89 bits per heavy atom. The van der Waals surface area contributed by atoms with E-state index in [9.17, 15) is 17.6 Å². The van der Waals surface area contributed by atoms with Crippen LogP contribution in [0.3, 0.4) is 0 Å². The molecule has 0 spiro atoms. The molecule has 9 nitrogen and oxygen atoms in total. The molecule has 2 fully saturated rings. The molecule has 0 unspecified atom stereocenters. The van der Waals surface area contributed by atoms with Crippen LogP contribution in [0.1, 0.15) is 51.5 Å². The smallest absolute Gasteiger partial charge is 0.410 e. The molecule has 1 aliphatic carbocycles. The quantitative estimate of drug-likeness (QED) is 0.589. The van der Waals surface area contributed by atoms with Crippen LogP contribution in [0.15, 0.2) is 29.4 Å². The van der Waals surface area contributed by atoms with Gasteiger partial charge in [-0.05, 0) is 51.8 Å². The van der Waals surface area contributed by atoms with Gasteiger partial charge in [-0.15, -0.1) is 0 Å². The number of sulfone groups is 1. The van der Waals surface area contributed by atoms with Crippen LogP contribution in [0.2, 0.25) is 0 Å². The molecule has 1 saturated carbocycles. The van der Waals surface area contributed by atoms with Gasteiger partial charge in [0.15, 0.2) is 9.84 Å². The van der Waals surface area contributed by atoms with Gasteiger partial charge in [-0.25, -0.2) is 27.6 Å². The van der Waals surface area contributed by atoms with Gasteiger partial charge in [0, 0.05) is 25.9 Å². The van der Waals surface area contributed by atoms with Crippen molar-refractivity contribution in [2.24, 2.45) is 0 Å². The summed E-state index contributed by atoms with van der Waals surface area (Å²) < 4.78 is 51.3. The fourth-order valence-electron chi connectivity index (χ4n) is 4.04. The molecule has 1 aliphatic heterocycles. The molecule has 1 aromatic carbocycles. The Kier molecular flexibility index (Phi) is 7.44. The number of carbonyl (C=O) groups is 1. The van der Waals surface area contributed by atoms with Crippen LogP contribution in [-0.2, 0) is 14.6 Å². The number of likely N-dealkylation sites (tertiary alicyclic amines) is 1. The number of ether oxygens (including phenoxy) is 2. The first-order chi connectivity index (χ1) is 16.6. The van der Waals surface area contributed by atoms with E-state index in [0.717, 1.165) is 12.5 Å². The SMILES string of the molecule is Cc1c(Nc2ccc(S(=O)(=O)C3CCC3)cc2F)ncnc1OC1CCN(C(=O)OC(C)C)CC1. The Morgan fingerprint density at radius 3 is 2.49 bits per heavy atom. The summed E-state index contributed by atoms with van der Waals surface area (Å²) >= 11 is 0. The Labute approximate surface area is 205 Å².